The SMILES string of the molecule is C[C@@]1(C[N-]c2nc(Nc3cc(C4CC4)[nH]n3)c3cccn3n2)CCC(=O)O1. The standard InChI is InChI=1S/C18H20N7O2/c1-18(7-6-15(26)27-18)10-19-17-21-16(13-3-2-8-25(13)24-17)20-14-9-12(22-23-14)11-4-5-11/h2-3,8-9,11H,4-7,10H2,1H3,(H2-,19,20,21,22,23,24)/q-1/t18-/m0/s1. The van der Waals surface area contributed by atoms with Crippen molar-refractivity contribution in [2.24, 2.45) is 0 Å². The van der Waals surface area contributed by atoms with Gasteiger partial charge in [-0.15, -0.1) is 0 Å². The molecule has 0 radical (unpaired) electrons. The summed E-state index contributed by atoms with van der Waals surface area (Å²) in [5, 5.41) is 19.6. The van der Waals surface area contributed by atoms with Crippen LogP contribution in [-0.2, 0) is 9.53 Å². The monoisotopic (exact) mass is 366 g/mol. The van der Waals surface area contributed by atoms with Crippen LogP contribution < -0.4 is 5.32 Å². The van der Waals surface area contributed by atoms with Gasteiger partial charge in [-0.2, -0.15) is 5.10 Å². The highest BCUT2D eigenvalue weighted by molar-refractivity contribution is 5.74. The van der Waals surface area contributed by atoms with Crippen LogP contribution in [0.5, 0.6) is 0 Å². The molecule has 4 heterocycles. The smallest absolute Gasteiger partial charge is 0.306 e. The summed E-state index contributed by atoms with van der Waals surface area (Å²) >= 11 is 0. The Hall–Kier alpha value is -3.10. The lowest BCUT2D eigenvalue weighted by atomic mass is 10.0. The van der Waals surface area contributed by atoms with Crippen molar-refractivity contribution in [3.05, 3.63) is 35.4 Å². The van der Waals surface area contributed by atoms with Crippen molar-refractivity contribution >= 4 is 29.1 Å². The molecule has 0 spiro atoms. The number of rotatable bonds is 6. The molecular formula is C18H20N7O2-. The van der Waals surface area contributed by atoms with Crippen molar-refractivity contribution in [3.8, 4) is 0 Å². The first-order valence-electron chi connectivity index (χ1n) is 9.15. The number of hydrogen-bond donors (Lipinski definition) is 2. The molecule has 5 rings (SSSR count). The third-order valence-electron chi connectivity index (χ3n) is 5.01. The summed E-state index contributed by atoms with van der Waals surface area (Å²) in [5.41, 5.74) is 1.41. The maximum atomic E-state index is 11.4. The Morgan fingerprint density at radius 1 is 1.48 bits per heavy atom. The van der Waals surface area contributed by atoms with Gasteiger partial charge in [0.25, 0.3) is 0 Å². The second-order valence-corrected chi connectivity index (χ2v) is 7.45. The first-order chi connectivity index (χ1) is 13.1. The van der Waals surface area contributed by atoms with E-state index in [1.54, 1.807) is 4.52 Å². The number of nitrogens with one attached hydrogen (secondary N) is 2. The molecule has 0 aromatic carbocycles. The summed E-state index contributed by atoms with van der Waals surface area (Å²) in [4.78, 5) is 15.9. The number of carbonyl (C=O) groups excluding carboxylic acids is 1. The fourth-order valence-corrected chi connectivity index (χ4v) is 3.30. The van der Waals surface area contributed by atoms with Crippen LogP contribution >= 0.6 is 0 Å². The zero-order chi connectivity index (χ0) is 18.4. The van der Waals surface area contributed by atoms with Crippen molar-refractivity contribution < 1.29 is 9.53 Å². The number of aromatic nitrogens is 5. The zero-order valence-electron chi connectivity index (χ0n) is 15.0. The minimum atomic E-state index is -0.582. The molecule has 1 aliphatic heterocycles. The molecule has 0 unspecified atom stereocenters. The summed E-state index contributed by atoms with van der Waals surface area (Å²) in [6.07, 6.45) is 5.36. The number of aromatic amines is 1. The van der Waals surface area contributed by atoms with E-state index in [0.29, 0.717) is 37.1 Å². The van der Waals surface area contributed by atoms with Gasteiger partial charge in [-0.25, -0.2) is 0 Å². The van der Waals surface area contributed by atoms with Gasteiger partial charge in [0.1, 0.15) is 5.60 Å². The molecule has 3 aromatic rings. The summed E-state index contributed by atoms with van der Waals surface area (Å²) in [6.45, 7) is 2.22. The van der Waals surface area contributed by atoms with Gasteiger partial charge in [0.2, 0.25) is 0 Å². The lowest BCUT2D eigenvalue weighted by molar-refractivity contribution is -0.146. The highest BCUT2D eigenvalue weighted by Gasteiger charge is 2.34. The molecule has 27 heavy (non-hydrogen) atoms. The molecule has 9 nitrogen and oxygen atoms in total. The van der Waals surface area contributed by atoms with E-state index in [1.165, 1.54) is 12.8 Å². The van der Waals surface area contributed by atoms with Crippen molar-refractivity contribution in [3.63, 3.8) is 0 Å². The molecule has 3 aromatic heterocycles. The van der Waals surface area contributed by atoms with Crippen LogP contribution in [0.15, 0.2) is 24.4 Å². The number of fused-ring (bicyclic) bond motifs is 1. The predicted octanol–water partition coefficient (Wildman–Crippen LogP) is 3.17. The summed E-state index contributed by atoms with van der Waals surface area (Å²) in [6, 6.07) is 5.86. The second-order valence-electron chi connectivity index (χ2n) is 7.45. The van der Waals surface area contributed by atoms with E-state index in [9.17, 15) is 4.79 Å². The lowest BCUT2D eigenvalue weighted by Gasteiger charge is -2.26. The van der Waals surface area contributed by atoms with Crippen molar-refractivity contribution in [1.82, 2.24) is 24.8 Å². The quantitative estimate of drug-likeness (QED) is 0.648. The van der Waals surface area contributed by atoms with Gasteiger partial charge in [-0.3, -0.25) is 19.5 Å². The van der Waals surface area contributed by atoms with Crippen LogP contribution in [0.25, 0.3) is 10.8 Å². The van der Waals surface area contributed by atoms with E-state index in [-0.39, 0.29) is 5.97 Å². The average Bonchev–Trinajstić information content (AvgIpc) is 3.04. The van der Waals surface area contributed by atoms with Crippen LogP contribution in [0.1, 0.15) is 44.2 Å². The molecule has 1 atom stereocenters. The first kappa shape index (κ1) is 16.1. The number of esters is 1. The maximum absolute atomic E-state index is 11.4. The molecule has 1 saturated carbocycles. The van der Waals surface area contributed by atoms with Gasteiger partial charge in [-0.1, -0.05) is 0 Å². The van der Waals surface area contributed by atoms with Gasteiger partial charge in [0.15, 0.2) is 5.82 Å². The Balaban J connectivity index is 1.38. The van der Waals surface area contributed by atoms with E-state index in [4.69, 9.17) is 4.74 Å². The van der Waals surface area contributed by atoms with E-state index in [1.807, 2.05) is 31.3 Å². The lowest BCUT2D eigenvalue weighted by Crippen LogP contribution is -2.28. The van der Waals surface area contributed by atoms with E-state index in [2.05, 4.69) is 30.9 Å². The Morgan fingerprint density at radius 2 is 2.37 bits per heavy atom. The van der Waals surface area contributed by atoms with E-state index >= 15 is 0 Å². The summed E-state index contributed by atoms with van der Waals surface area (Å²) in [5.74, 6) is 2.12. The van der Waals surface area contributed by atoms with Crippen LogP contribution in [0.4, 0.5) is 17.6 Å². The molecule has 1 aliphatic carbocycles. The average molecular weight is 366 g/mol. The van der Waals surface area contributed by atoms with E-state index < -0.39 is 5.60 Å². The minimum Gasteiger partial charge on any atom is -0.459 e. The fourth-order valence-electron chi connectivity index (χ4n) is 3.30. The normalized spacial score (nSPS) is 22.2. The maximum Gasteiger partial charge on any atom is 0.306 e. The molecule has 9 heteroatoms. The Kier molecular flexibility index (Phi) is 3.56. The molecular weight excluding hydrogens is 346 g/mol. The number of anilines is 2. The Morgan fingerprint density at radius 3 is 3.15 bits per heavy atom. The van der Waals surface area contributed by atoms with Gasteiger partial charge in [-0.05, 0) is 38.3 Å². The van der Waals surface area contributed by atoms with Crippen LogP contribution in [0.2, 0.25) is 0 Å². The van der Waals surface area contributed by atoms with Gasteiger partial charge >= 0.3 is 5.97 Å². The van der Waals surface area contributed by atoms with Gasteiger partial charge in [0.05, 0.1) is 11.3 Å². The highest BCUT2D eigenvalue weighted by atomic mass is 16.6. The second kappa shape index (κ2) is 5.97. The number of ether oxygens (including phenoxy) is 1. The zero-order valence-corrected chi connectivity index (χ0v) is 15.0. The van der Waals surface area contributed by atoms with Crippen LogP contribution in [0, 0.1) is 0 Å². The van der Waals surface area contributed by atoms with Gasteiger partial charge in [0, 0.05) is 42.8 Å². The number of carbonyl (C=O) groups is 1. The Bertz CT molecular complexity index is 1010. The molecule has 2 aliphatic rings. The molecule has 2 N–H and O–H groups in total. The van der Waals surface area contributed by atoms with Crippen LogP contribution in [-0.4, -0.2) is 42.9 Å². The number of cyclic esters (lactones) is 1. The molecule has 140 valence electrons. The number of nitrogens with zero attached hydrogens (tertiary/aromatic N) is 5. The van der Waals surface area contributed by atoms with Crippen molar-refractivity contribution in [1.29, 1.82) is 0 Å². The molecule has 1 saturated heterocycles. The highest BCUT2D eigenvalue weighted by Crippen LogP contribution is 2.39. The number of H-pyrrole nitrogens is 1. The number of hydrogen-bond acceptors (Lipinski definition) is 6. The molecule has 2 fully saturated rings. The third-order valence-corrected chi connectivity index (χ3v) is 5.01. The topological polar surface area (TPSA) is 111 Å². The van der Waals surface area contributed by atoms with Crippen molar-refractivity contribution in [2.75, 3.05) is 11.9 Å². The predicted molar refractivity (Wildman–Crippen MR) is 98.4 cm³/mol. The summed E-state index contributed by atoms with van der Waals surface area (Å²) < 4.78 is 7.10. The largest absolute Gasteiger partial charge is 0.459 e. The van der Waals surface area contributed by atoms with E-state index in [0.717, 1.165) is 17.0 Å². The fraction of sp³-hybridized carbons (Fsp3) is 0.444. The molecule has 0 amide bonds. The minimum absolute atomic E-state index is 0.179. The first-order valence-corrected chi connectivity index (χ1v) is 9.15. The molecule has 0 bridgehead atoms. The van der Waals surface area contributed by atoms with Gasteiger partial charge < -0.3 is 20.4 Å². The van der Waals surface area contributed by atoms with Crippen molar-refractivity contribution in [2.45, 2.75) is 44.1 Å². The summed E-state index contributed by atoms with van der Waals surface area (Å²) in [7, 11) is 0. The third kappa shape index (κ3) is 3.20. The van der Waals surface area contributed by atoms with Crippen LogP contribution in [0.3, 0.4) is 0 Å². The Labute approximate surface area is 155 Å².